The number of imidazole rings is 1. The summed E-state index contributed by atoms with van der Waals surface area (Å²) in [5.74, 6) is 0.814. The number of nitrogens with one attached hydrogen (secondary N) is 1. The minimum Gasteiger partial charge on any atom is -0.459 e. The molecule has 0 fully saturated rings. The Morgan fingerprint density at radius 3 is 2.59 bits per heavy atom. The maximum absolute atomic E-state index is 13.6. The van der Waals surface area contributed by atoms with E-state index in [0.29, 0.717) is 58.4 Å². The Labute approximate surface area is 264 Å². The quantitative estimate of drug-likeness (QED) is 0.247. The van der Waals surface area contributed by atoms with Gasteiger partial charge in [0.25, 0.3) is 10.0 Å². The molecule has 1 N–H and O–H groups in total. The van der Waals surface area contributed by atoms with Crippen LogP contribution in [0.1, 0.15) is 43.4 Å². The molecule has 0 atom stereocenters. The van der Waals surface area contributed by atoms with Crippen LogP contribution in [0.4, 0.5) is 22.2 Å². The number of hydrogen-bond donors (Lipinski definition) is 1. The van der Waals surface area contributed by atoms with Crippen molar-refractivity contribution in [2.75, 3.05) is 16.8 Å². The van der Waals surface area contributed by atoms with Crippen LogP contribution in [0.5, 0.6) is 0 Å². The Morgan fingerprint density at radius 1 is 1.04 bits per heavy atom. The number of carbonyl (C=O) groups is 1. The van der Waals surface area contributed by atoms with Crippen molar-refractivity contribution in [1.29, 1.82) is 0 Å². The normalized spacial score (nSPS) is 13.7. The average molecular weight is 641 g/mol. The van der Waals surface area contributed by atoms with Crippen LogP contribution in [-0.4, -0.2) is 55.4 Å². The van der Waals surface area contributed by atoms with Crippen LogP contribution in [0.25, 0.3) is 22.0 Å². The number of aromatic nitrogens is 6. The number of nitrogens with zero attached hydrogens (tertiary/aromatic N) is 7. The van der Waals surface area contributed by atoms with E-state index in [1.54, 1.807) is 63.4 Å². The molecule has 2 aromatic carbocycles. The summed E-state index contributed by atoms with van der Waals surface area (Å²) in [4.78, 5) is 29.0. The number of furan rings is 1. The predicted octanol–water partition coefficient (Wildman–Crippen LogP) is 5.71. The number of hydrogen-bond acceptors (Lipinski definition) is 11. The summed E-state index contributed by atoms with van der Waals surface area (Å²) < 4.78 is 41.1. The maximum Gasteiger partial charge on any atom is 0.435 e. The van der Waals surface area contributed by atoms with Gasteiger partial charge in [-0.05, 0) is 65.0 Å². The number of carbonyl (C=O) groups excluding carboxylic acids is 1. The molecule has 0 saturated carbocycles. The summed E-state index contributed by atoms with van der Waals surface area (Å²) in [5, 5.41) is 8.48. The number of benzene rings is 2. The monoisotopic (exact) mass is 640 g/mol. The lowest BCUT2D eigenvalue weighted by Crippen LogP contribution is -2.33. The molecule has 0 unspecified atom stereocenters. The Hall–Kier alpha value is -5.24. The molecule has 6 aromatic rings. The van der Waals surface area contributed by atoms with Crippen molar-refractivity contribution < 1.29 is 22.4 Å². The van der Waals surface area contributed by atoms with Gasteiger partial charge in [-0.15, -0.1) is 0 Å². The van der Waals surface area contributed by atoms with Crippen molar-refractivity contribution in [1.82, 2.24) is 28.7 Å². The van der Waals surface area contributed by atoms with Gasteiger partial charge in [-0.1, -0.05) is 17.7 Å². The van der Waals surface area contributed by atoms with E-state index in [4.69, 9.17) is 14.1 Å². The Morgan fingerprint density at radius 2 is 1.83 bits per heavy atom. The Kier molecular flexibility index (Phi) is 6.85. The molecule has 1 aliphatic rings. The molecule has 4 aromatic heterocycles. The molecular weight excluding hydrogens is 608 g/mol. The second-order valence-corrected chi connectivity index (χ2v) is 14.1. The summed E-state index contributed by atoms with van der Waals surface area (Å²) in [6.07, 6.45) is 2.86. The van der Waals surface area contributed by atoms with Gasteiger partial charge in [0.05, 0.1) is 40.3 Å². The van der Waals surface area contributed by atoms with Crippen LogP contribution >= 0.6 is 0 Å². The zero-order chi connectivity index (χ0) is 32.4. The van der Waals surface area contributed by atoms with E-state index < -0.39 is 21.7 Å². The van der Waals surface area contributed by atoms with Crippen molar-refractivity contribution in [2.24, 2.45) is 0 Å². The fraction of sp³-hybridized carbons (Fsp3) is 0.281. The molecule has 0 aliphatic carbocycles. The third-order valence-corrected chi connectivity index (χ3v) is 9.43. The highest BCUT2D eigenvalue weighted by molar-refractivity contribution is 7.90. The van der Waals surface area contributed by atoms with Gasteiger partial charge in [-0.25, -0.2) is 27.2 Å². The van der Waals surface area contributed by atoms with Gasteiger partial charge in [0.2, 0.25) is 5.95 Å². The minimum atomic E-state index is -3.86. The largest absolute Gasteiger partial charge is 0.459 e. The first-order valence-electron chi connectivity index (χ1n) is 14.7. The van der Waals surface area contributed by atoms with E-state index in [0.717, 1.165) is 16.6 Å². The predicted molar refractivity (Wildman–Crippen MR) is 172 cm³/mol. The molecule has 13 nitrogen and oxygen atoms in total. The molecule has 0 radical (unpaired) electrons. The smallest absolute Gasteiger partial charge is 0.435 e. The standard InChI is InChI=1S/C32H32N8O5S/c1-19-6-9-22(10-7-19)46(42,43)39-18-33-24-12-14-38(17-27(24)39)29-28-25(13-15-44-28)35-30(36-29)34-21-8-11-23-20(2)37-40(26(23)16-21)31(41)45-32(3,4)5/h6-11,13,15-16,18H,12,14,17H2,1-5H3,(H,34,35,36). The lowest BCUT2D eigenvalue weighted by molar-refractivity contribution is 0.0522. The molecule has 46 heavy (non-hydrogen) atoms. The van der Waals surface area contributed by atoms with Crippen LogP contribution in [0, 0.1) is 13.8 Å². The number of rotatable bonds is 5. The van der Waals surface area contributed by atoms with E-state index in [1.807, 2.05) is 30.9 Å². The third kappa shape index (κ3) is 5.23. The number of ether oxygens (including phenoxy) is 1. The SMILES string of the molecule is Cc1ccc(S(=O)(=O)n2cnc3c2CN(c2nc(Nc4ccc5c(C)nn(C(=O)OC(C)(C)C)c5c4)nc4ccoc24)CC3)cc1. The van der Waals surface area contributed by atoms with Gasteiger partial charge in [0, 0.05) is 30.1 Å². The number of anilines is 3. The lowest BCUT2D eigenvalue weighted by Gasteiger charge is -2.28. The lowest BCUT2D eigenvalue weighted by atomic mass is 10.1. The molecule has 14 heteroatoms. The van der Waals surface area contributed by atoms with E-state index in [-0.39, 0.29) is 11.4 Å². The molecule has 0 bridgehead atoms. The second kappa shape index (κ2) is 10.7. The van der Waals surface area contributed by atoms with Gasteiger partial charge in [0.1, 0.15) is 17.4 Å². The summed E-state index contributed by atoms with van der Waals surface area (Å²) in [6, 6.07) is 14.0. The van der Waals surface area contributed by atoms with Crippen molar-refractivity contribution in [2.45, 2.75) is 58.1 Å². The van der Waals surface area contributed by atoms with Gasteiger partial charge in [0.15, 0.2) is 11.4 Å². The zero-order valence-corrected chi connectivity index (χ0v) is 26.8. The van der Waals surface area contributed by atoms with E-state index in [2.05, 4.69) is 20.4 Å². The topological polar surface area (TPSA) is 150 Å². The highest BCUT2D eigenvalue weighted by Crippen LogP contribution is 2.33. The average Bonchev–Trinajstić information content (AvgIpc) is 3.73. The van der Waals surface area contributed by atoms with Gasteiger partial charge in [-0.2, -0.15) is 14.8 Å². The molecule has 7 rings (SSSR count). The van der Waals surface area contributed by atoms with Crippen LogP contribution < -0.4 is 10.2 Å². The summed E-state index contributed by atoms with van der Waals surface area (Å²) >= 11 is 0. The summed E-state index contributed by atoms with van der Waals surface area (Å²) in [7, 11) is -3.86. The number of fused-ring (bicyclic) bond motifs is 3. The molecule has 5 heterocycles. The Bertz CT molecular complexity index is 2240. The van der Waals surface area contributed by atoms with Crippen LogP contribution in [0.2, 0.25) is 0 Å². The van der Waals surface area contributed by atoms with E-state index in [1.165, 1.54) is 15.0 Å². The van der Waals surface area contributed by atoms with Crippen LogP contribution in [0.3, 0.4) is 0 Å². The fourth-order valence-corrected chi connectivity index (χ4v) is 6.85. The minimum absolute atomic E-state index is 0.192. The second-order valence-electron chi connectivity index (χ2n) is 12.3. The maximum atomic E-state index is 13.6. The zero-order valence-electron chi connectivity index (χ0n) is 26.0. The van der Waals surface area contributed by atoms with Crippen molar-refractivity contribution in [3.63, 3.8) is 0 Å². The molecule has 0 spiro atoms. The van der Waals surface area contributed by atoms with Crippen molar-refractivity contribution in [3.05, 3.63) is 83.8 Å². The van der Waals surface area contributed by atoms with Crippen LogP contribution in [0.15, 0.2) is 70.4 Å². The van der Waals surface area contributed by atoms with Gasteiger partial charge in [-0.3, -0.25) is 0 Å². The highest BCUT2D eigenvalue weighted by Gasteiger charge is 2.30. The van der Waals surface area contributed by atoms with Crippen LogP contribution in [-0.2, 0) is 27.7 Å². The van der Waals surface area contributed by atoms with Crippen molar-refractivity contribution in [3.8, 4) is 0 Å². The highest BCUT2D eigenvalue weighted by atomic mass is 32.2. The van der Waals surface area contributed by atoms with Gasteiger partial charge >= 0.3 is 6.09 Å². The first kappa shape index (κ1) is 29.5. The molecule has 1 aliphatic heterocycles. The third-order valence-electron chi connectivity index (χ3n) is 7.73. The molecule has 0 amide bonds. The van der Waals surface area contributed by atoms with E-state index >= 15 is 0 Å². The molecular formula is C32H32N8O5S. The first-order valence-corrected chi connectivity index (χ1v) is 16.2. The van der Waals surface area contributed by atoms with Gasteiger partial charge < -0.3 is 19.4 Å². The van der Waals surface area contributed by atoms with E-state index in [9.17, 15) is 13.2 Å². The first-order chi connectivity index (χ1) is 21.9. The Balaban J connectivity index is 1.22. The van der Waals surface area contributed by atoms with Crippen molar-refractivity contribution >= 4 is 55.6 Å². The molecule has 0 saturated heterocycles. The number of aryl methyl sites for hydroxylation is 2. The fourth-order valence-electron chi connectivity index (χ4n) is 5.52. The summed E-state index contributed by atoms with van der Waals surface area (Å²) in [5.41, 5.74) is 4.54. The molecule has 236 valence electrons. The summed E-state index contributed by atoms with van der Waals surface area (Å²) in [6.45, 7) is 9.94.